The molecule has 0 radical (unpaired) electrons. The van der Waals surface area contributed by atoms with E-state index in [1.54, 1.807) is 67.6 Å². The third kappa shape index (κ3) is 25.1. The molecule has 2 aliphatic carbocycles. The summed E-state index contributed by atoms with van der Waals surface area (Å²) in [7, 11) is 0. The quantitative estimate of drug-likeness (QED) is 0.00996. The van der Waals surface area contributed by atoms with Crippen LogP contribution in [0.3, 0.4) is 0 Å². The summed E-state index contributed by atoms with van der Waals surface area (Å²) in [6, 6.07) is 29.7. The third-order valence-electron chi connectivity index (χ3n) is 27.3. The number of fused-ring (bicyclic) bond motifs is 2. The lowest BCUT2D eigenvalue weighted by atomic mass is 9.73. The van der Waals surface area contributed by atoms with E-state index in [4.69, 9.17) is 116 Å². The molecule has 42 atom stereocenters. The first-order valence-electron chi connectivity index (χ1n) is 46.0. The van der Waals surface area contributed by atoms with E-state index in [1.807, 2.05) is 60.7 Å². The van der Waals surface area contributed by atoms with Crippen LogP contribution >= 0.6 is 0 Å². The van der Waals surface area contributed by atoms with Crippen LogP contribution in [0, 0.1) is 23.7 Å². The Hall–Kier alpha value is -7.53. The van der Waals surface area contributed by atoms with Gasteiger partial charge in [0.1, 0.15) is 147 Å². The molecular weight excluding hydrogens is 1840 g/mol. The Labute approximate surface area is 789 Å². The molecule has 10 fully saturated rings. The van der Waals surface area contributed by atoms with Crippen molar-refractivity contribution in [1.82, 2.24) is 10.6 Å². The predicted octanol–water partition coefficient (Wildman–Crippen LogP) is -2.31. The van der Waals surface area contributed by atoms with E-state index in [-0.39, 0.29) is 39.1 Å². The number of ether oxygens (including phenoxy) is 16. The number of ketones is 2. The molecule has 4 aromatic rings. The Morgan fingerprint density at radius 3 is 1.27 bits per heavy atom. The predicted molar refractivity (Wildman–Crippen MR) is 464 cm³/mol. The molecule has 44 nitrogen and oxygen atoms in total. The van der Waals surface area contributed by atoms with Gasteiger partial charge in [0.2, 0.25) is 0 Å². The number of nitrogens with zero attached hydrogens (tertiary/aromatic N) is 3. The van der Waals surface area contributed by atoms with Gasteiger partial charge in [-0.05, 0) is 91.0 Å². The summed E-state index contributed by atoms with van der Waals surface area (Å²) in [6.45, 7) is -2.33. The van der Waals surface area contributed by atoms with Crippen LogP contribution in [0.2, 0.25) is 0 Å². The Balaban J connectivity index is 0.000000268. The fourth-order valence-corrected chi connectivity index (χ4v) is 19.3. The van der Waals surface area contributed by atoms with Crippen LogP contribution in [0.25, 0.3) is 10.4 Å². The fourth-order valence-electron chi connectivity index (χ4n) is 19.3. The lowest BCUT2D eigenvalue weighted by molar-refractivity contribution is -0.330. The molecule has 10 aliphatic rings. The van der Waals surface area contributed by atoms with Crippen LogP contribution in [0.4, 0.5) is 27.2 Å². The van der Waals surface area contributed by atoms with E-state index in [1.165, 1.54) is 0 Å². The Morgan fingerprint density at radius 2 is 0.848 bits per heavy atom. The number of halogens is 4. The van der Waals surface area contributed by atoms with Crippen LogP contribution in [-0.2, 0) is 98.6 Å². The van der Waals surface area contributed by atoms with E-state index in [0.29, 0.717) is 36.8 Å². The van der Waals surface area contributed by atoms with Gasteiger partial charge in [-0.25, -0.2) is 27.2 Å². The second-order valence-corrected chi connectivity index (χ2v) is 36.6. The summed E-state index contributed by atoms with van der Waals surface area (Å²) in [4.78, 5) is 56.2. The number of carbonyl (C=O) groups is 4. The lowest BCUT2D eigenvalue weighted by Crippen LogP contribution is -2.67. The molecule has 138 heavy (non-hydrogen) atoms. The molecule has 0 spiro atoms. The Bertz CT molecular complexity index is 4560. The number of nitrogens with one attached hydrogen (secondary N) is 2. The van der Waals surface area contributed by atoms with Crippen molar-refractivity contribution in [2.45, 2.75) is 323 Å². The number of Topliss-reactive ketones (excluding diaryl/α,β-unsaturated/α-hetero) is 2. The standard InChI is InChI=1S/C62H75F2N5O18.C28H52F2N6O15/c1-33-27-39(28-40(71)34(2)62(63,64)32-66-69-65)48(72)56(52(33)85-57-46(67-60(76)78-30-35-15-7-3-8-16-35)49(73)53-43(82-57)25-23-41(80-53)37-19-11-5-12-20-37)87-59-51(75)55(45(29-70)84-59)86-58-47(68-61(77)79-31-36-17-9-4-10-18-36)50(74)54-44(83-58)26-24-42(81-54)38-21-13-6-14-22-38;29-28(30,6-33)24(45)9(38)2-7-1-8(34)21(49-25-13(35)18(42)16(40)10(3-31)46-25)23(15(7)39)51-27-20(44)22(12(5-37)48-27)50-26-14(36)19(43)17(41)11(4-32)47-26/h3-22,33-34,39,41-59,70,72-75H,23-32H2,1-2H3,(H,67,76)(H,68,77);7-8,10-27,37,39-45H,1-6,31-36H2/t33-,34+,39-,41?,42?,43+,44-,45+,46+,47+,48-,49-,50+,51+,52+,53+,54+,55+,56+,57+,58+,59-;7-,8-,10+,11-,12+,13+,14+,15-,16+,17+,18-,19+,20+,21+,22+,23+,24+,25+,26+,27-/m00/s1. The highest BCUT2D eigenvalue weighted by atomic mass is 19.3. The van der Waals surface area contributed by atoms with Gasteiger partial charge < -0.3 is 187 Å². The molecule has 768 valence electrons. The highest BCUT2D eigenvalue weighted by molar-refractivity contribution is 5.84. The van der Waals surface area contributed by atoms with Gasteiger partial charge in [0.05, 0.1) is 87.0 Å². The number of rotatable bonds is 35. The molecule has 8 heterocycles. The van der Waals surface area contributed by atoms with E-state index in [9.17, 15) is 94.3 Å². The van der Waals surface area contributed by atoms with Crippen molar-refractivity contribution < 1.29 is 179 Å². The normalized spacial score (nSPS) is 39.7. The van der Waals surface area contributed by atoms with Crippen molar-refractivity contribution in [2.75, 3.05) is 39.4 Å². The van der Waals surface area contributed by atoms with Gasteiger partial charge in [-0.1, -0.05) is 133 Å². The second kappa shape index (κ2) is 48.2. The van der Waals surface area contributed by atoms with Crippen molar-refractivity contribution >= 4 is 23.8 Å². The van der Waals surface area contributed by atoms with Crippen LogP contribution in [0.15, 0.2) is 126 Å². The third-order valence-corrected chi connectivity index (χ3v) is 27.3. The zero-order chi connectivity index (χ0) is 99.5. The molecule has 0 bridgehead atoms. The number of aliphatic hydroxyl groups is 13. The average molecular weight is 1970 g/mol. The minimum Gasteiger partial charge on any atom is -0.445 e. The minimum atomic E-state index is -3.97. The first-order chi connectivity index (χ1) is 65.9. The molecule has 8 aliphatic heterocycles. The number of amides is 2. The van der Waals surface area contributed by atoms with Gasteiger partial charge in [0, 0.05) is 36.9 Å². The van der Waals surface area contributed by atoms with Gasteiger partial charge in [0.25, 0.3) is 11.8 Å². The molecule has 4 aromatic carbocycles. The first kappa shape index (κ1) is 108. The summed E-state index contributed by atoms with van der Waals surface area (Å²) >= 11 is 0. The van der Waals surface area contributed by atoms with Gasteiger partial charge in [-0.15, -0.1) is 0 Å². The molecular formula is C90H127F4N11O33. The monoisotopic (exact) mass is 1970 g/mol. The summed E-state index contributed by atoms with van der Waals surface area (Å²) in [6.07, 6.45) is -49.4. The van der Waals surface area contributed by atoms with Crippen molar-refractivity contribution in [2.24, 2.45) is 63.2 Å². The number of benzene rings is 4. The first-order valence-corrected chi connectivity index (χ1v) is 46.0. The minimum absolute atomic E-state index is 0.0486. The smallest absolute Gasteiger partial charge is 0.407 e. The fraction of sp³-hybridized carbons (Fsp3) is 0.689. The molecule has 27 N–H and O–H groups in total. The molecule has 48 heteroatoms. The number of alkyl carbamates (subject to hydrolysis) is 2. The van der Waals surface area contributed by atoms with E-state index in [0.717, 1.165) is 18.1 Å². The van der Waals surface area contributed by atoms with E-state index in [2.05, 4.69) is 20.7 Å². The van der Waals surface area contributed by atoms with Crippen LogP contribution in [0.5, 0.6) is 0 Å². The van der Waals surface area contributed by atoms with E-state index >= 15 is 8.78 Å². The average Bonchev–Trinajstić information content (AvgIpc) is 1.42. The van der Waals surface area contributed by atoms with Crippen molar-refractivity contribution in [3.63, 3.8) is 0 Å². The zero-order valence-corrected chi connectivity index (χ0v) is 75.4. The van der Waals surface area contributed by atoms with E-state index < -0.39 is 331 Å². The Kier molecular flexibility index (Phi) is 37.7. The summed E-state index contributed by atoms with van der Waals surface area (Å²) in [5, 5.41) is 153. The van der Waals surface area contributed by atoms with Gasteiger partial charge in [0.15, 0.2) is 49.6 Å². The lowest BCUT2D eigenvalue weighted by Gasteiger charge is -2.51. The SMILES string of the molecule is C[C@H](C(=O)C[C@@H]1C[C@H](C)[C@@H](O[C@H]2O[C@@H]3CCC(c4ccccc4)O[C@H]3[C@@H](O)[C@H]2NC(=O)OCc2ccccc2)[C@H](O[C@@H]2O[C@H](CO)[C@@H](O[C@H]3O[C@H]4CCC(c5ccccc5)O[C@H]4[C@H](O)[C@H]3NC(=O)OCc3ccccc3)[C@H]2O)[C@H]1O)C(F)(F)CN=[N+]=[N-].NC[C@@H]1O[C@H](O[C@H]2[C@@H](O)[C@H](O[C@@H]3[C@@H](O)[C@H](CC(=O)[C@@H](O)C(F)(F)CN)C[C@H](N)[C@H]3O[C@H]3O[C@H](CN)[C@@H](O)[C@@H](O)[C@H]3N)O[C@@H]2CO)[C@H](N)[C@@H](O)[C@@H]1O. The largest absolute Gasteiger partial charge is 0.445 e. The number of aliphatic hydroxyl groups excluding tert-OH is 13. The van der Waals surface area contributed by atoms with Crippen LogP contribution < -0.4 is 45.0 Å². The summed E-state index contributed by atoms with van der Waals surface area (Å²) in [5.74, 6) is -15.1. The zero-order valence-electron chi connectivity index (χ0n) is 75.4. The molecule has 2 amide bonds. The topological polar surface area (TPSA) is 708 Å². The summed E-state index contributed by atoms with van der Waals surface area (Å²) < 4.78 is 156. The highest BCUT2D eigenvalue weighted by Gasteiger charge is 2.61. The highest BCUT2D eigenvalue weighted by Crippen LogP contribution is 2.47. The van der Waals surface area contributed by atoms with Crippen LogP contribution in [0.1, 0.15) is 99.7 Å². The molecule has 8 saturated heterocycles. The number of azide groups is 1. The number of hydrogen-bond acceptors (Lipinski definition) is 40. The van der Waals surface area contributed by atoms with Gasteiger partial charge in [-0.2, -0.15) is 0 Å². The number of hydrogen-bond donors (Lipinski definition) is 21. The van der Waals surface area contributed by atoms with Crippen molar-refractivity contribution in [3.05, 3.63) is 154 Å². The second-order valence-electron chi connectivity index (χ2n) is 36.6. The molecule has 2 saturated carbocycles. The Morgan fingerprint density at radius 1 is 0.464 bits per heavy atom. The maximum absolute atomic E-state index is 15.3. The maximum atomic E-state index is 15.3. The molecule has 14 rings (SSSR count). The van der Waals surface area contributed by atoms with Gasteiger partial charge in [-0.3, -0.25) is 9.59 Å². The summed E-state index contributed by atoms with van der Waals surface area (Å²) in [5.41, 5.74) is 46.6. The number of carbonyl (C=O) groups excluding carboxylic acids is 4. The molecule has 2 unspecified atom stereocenters. The van der Waals surface area contributed by atoms with Crippen LogP contribution in [-0.4, -0.2) is 362 Å². The number of nitrogens with two attached hydrogens (primary N) is 6. The van der Waals surface area contributed by atoms with Gasteiger partial charge >= 0.3 is 12.2 Å². The number of alkyl halides is 4. The maximum Gasteiger partial charge on any atom is 0.407 e. The van der Waals surface area contributed by atoms with Crippen molar-refractivity contribution in [1.29, 1.82) is 0 Å². The van der Waals surface area contributed by atoms with Crippen molar-refractivity contribution in [3.8, 4) is 0 Å². The molecule has 0 aromatic heterocycles.